The van der Waals surface area contributed by atoms with Crippen molar-refractivity contribution in [2.45, 2.75) is 32.2 Å². The molecule has 0 saturated heterocycles. The molecule has 3 N–H and O–H groups in total. The van der Waals surface area contributed by atoms with Gasteiger partial charge in [-0.2, -0.15) is 4.68 Å². The lowest BCUT2D eigenvalue weighted by Crippen LogP contribution is -2.27. The third kappa shape index (κ3) is 5.72. The number of allylic oxidation sites excluding steroid dienone is 1. The van der Waals surface area contributed by atoms with Crippen LogP contribution >= 0.6 is 0 Å². The summed E-state index contributed by atoms with van der Waals surface area (Å²) in [5, 5.41) is 17.1. The number of aromatic nitrogens is 6. The number of H-pyrrole nitrogens is 1. The summed E-state index contributed by atoms with van der Waals surface area (Å²) in [4.78, 5) is 33.1. The highest BCUT2D eigenvalue weighted by Crippen LogP contribution is 2.29. The molecule has 2 aromatic heterocycles. The molecule has 5 rings (SSSR count). The first kappa shape index (κ1) is 24.8. The number of anilines is 1. The molecule has 38 heavy (non-hydrogen) atoms. The van der Waals surface area contributed by atoms with E-state index in [1.54, 1.807) is 18.3 Å². The Bertz CT molecular complexity index is 1520. The number of carbonyl (C=O) groups is 2. The molecule has 0 fully saturated rings. The van der Waals surface area contributed by atoms with Crippen LogP contribution in [0.15, 0.2) is 67.2 Å². The molecule has 1 aliphatic heterocycles. The molecule has 1 atom stereocenters. The van der Waals surface area contributed by atoms with E-state index >= 15 is 0 Å². The Labute approximate surface area is 217 Å². The number of hydrogen-bond donors (Lipinski definition) is 3. The molecule has 1 aliphatic rings. The van der Waals surface area contributed by atoms with Gasteiger partial charge in [-0.1, -0.05) is 23.8 Å². The molecule has 2 aromatic carbocycles. The number of aryl methyl sites for hydroxylation is 1. The lowest BCUT2D eigenvalue weighted by Gasteiger charge is -2.14. The van der Waals surface area contributed by atoms with Crippen molar-refractivity contribution in [3.63, 3.8) is 0 Å². The highest BCUT2D eigenvalue weighted by atomic mass is 19.1. The summed E-state index contributed by atoms with van der Waals surface area (Å²) < 4.78 is 15.5. The van der Waals surface area contributed by atoms with Crippen LogP contribution in [-0.4, -0.2) is 42.0 Å². The van der Waals surface area contributed by atoms with Crippen LogP contribution in [0.2, 0.25) is 0 Å². The van der Waals surface area contributed by atoms with Crippen molar-refractivity contribution in [1.29, 1.82) is 0 Å². The second kappa shape index (κ2) is 11.0. The van der Waals surface area contributed by atoms with Crippen LogP contribution in [0.3, 0.4) is 0 Å². The highest BCUT2D eigenvalue weighted by Gasteiger charge is 2.19. The number of imidazole rings is 1. The topological polar surface area (TPSA) is 130 Å². The zero-order chi connectivity index (χ0) is 26.5. The Balaban J connectivity index is 1.40. The second-order valence-corrected chi connectivity index (χ2v) is 8.88. The van der Waals surface area contributed by atoms with E-state index in [1.807, 2.05) is 37.3 Å². The fourth-order valence-corrected chi connectivity index (χ4v) is 4.19. The van der Waals surface area contributed by atoms with E-state index in [0.29, 0.717) is 35.6 Å². The lowest BCUT2D eigenvalue weighted by molar-refractivity contribution is -0.117. The Morgan fingerprint density at radius 3 is 2.95 bits per heavy atom. The third-order valence-corrected chi connectivity index (χ3v) is 6.06. The van der Waals surface area contributed by atoms with Crippen molar-refractivity contribution in [3.8, 4) is 16.9 Å². The fraction of sp³-hybridized carbons (Fsp3) is 0.185. The molecular weight excluding hydrogens is 487 g/mol. The first-order valence-electron chi connectivity index (χ1n) is 12.1. The molecule has 4 aromatic rings. The smallest absolute Gasteiger partial charge is 0.244 e. The third-order valence-electron chi connectivity index (χ3n) is 6.06. The van der Waals surface area contributed by atoms with Crippen LogP contribution in [0.4, 0.5) is 10.1 Å². The summed E-state index contributed by atoms with van der Waals surface area (Å²) in [6.45, 7) is 1.96. The summed E-state index contributed by atoms with van der Waals surface area (Å²) in [5.41, 5.74) is 4.10. The minimum absolute atomic E-state index is 0.215. The number of hydrogen-bond acceptors (Lipinski definition) is 6. The minimum atomic E-state index is -0.457. The minimum Gasteiger partial charge on any atom is -0.342 e. The molecule has 0 radical (unpaired) electrons. The quantitative estimate of drug-likeness (QED) is 0.279. The van der Waals surface area contributed by atoms with E-state index < -0.39 is 11.9 Å². The van der Waals surface area contributed by atoms with E-state index in [2.05, 4.69) is 36.1 Å². The van der Waals surface area contributed by atoms with Gasteiger partial charge in [0.25, 0.3) is 0 Å². The number of nitrogens with zero attached hydrogens (tertiary/aromatic N) is 5. The van der Waals surface area contributed by atoms with Gasteiger partial charge in [0.1, 0.15) is 18.0 Å². The lowest BCUT2D eigenvalue weighted by atomic mass is 10.1. The molecule has 11 heteroatoms. The largest absolute Gasteiger partial charge is 0.342 e. The van der Waals surface area contributed by atoms with Gasteiger partial charge in [-0.3, -0.25) is 9.59 Å². The van der Waals surface area contributed by atoms with Crippen LogP contribution in [0.1, 0.15) is 42.3 Å². The van der Waals surface area contributed by atoms with Crippen molar-refractivity contribution >= 4 is 23.6 Å². The SMILES string of the molecule is Cc1ccc(-n2cnnn2)c(/C=C/C(=O)N[C@H]2C/C=C/CCC(=O)Nc3cc(F)ccc3-c3cnc2[nH]3)c1. The van der Waals surface area contributed by atoms with Crippen molar-refractivity contribution in [2.75, 3.05) is 5.32 Å². The van der Waals surface area contributed by atoms with Gasteiger partial charge < -0.3 is 15.6 Å². The first-order valence-corrected chi connectivity index (χ1v) is 12.1. The molecule has 2 bridgehead atoms. The Morgan fingerprint density at radius 1 is 1.21 bits per heavy atom. The van der Waals surface area contributed by atoms with Gasteiger partial charge in [-0.15, -0.1) is 5.10 Å². The standard InChI is InChI=1S/C27H25FN8O2/c1-17-7-11-24(36-16-30-34-35-36)18(13-17)8-12-26(38)31-21-5-3-2-4-6-25(37)32-22-14-19(28)9-10-20(22)23-15-29-27(21)33-23/h2-3,7-16,21H,4-6H2,1H3,(H,29,33)(H,31,38)(H,32,37)/b3-2+,12-8+/t21-/m0/s1. The maximum Gasteiger partial charge on any atom is 0.244 e. The number of rotatable bonds is 4. The van der Waals surface area contributed by atoms with Gasteiger partial charge >= 0.3 is 0 Å². The number of halogens is 1. The van der Waals surface area contributed by atoms with Crippen molar-refractivity contribution < 1.29 is 14.0 Å². The summed E-state index contributed by atoms with van der Waals surface area (Å²) in [7, 11) is 0. The van der Waals surface area contributed by atoms with Gasteiger partial charge in [0.15, 0.2) is 0 Å². The van der Waals surface area contributed by atoms with E-state index in [0.717, 1.165) is 16.8 Å². The predicted molar refractivity (Wildman–Crippen MR) is 139 cm³/mol. The molecule has 3 heterocycles. The van der Waals surface area contributed by atoms with Gasteiger partial charge in [-0.05, 0) is 66.6 Å². The monoisotopic (exact) mass is 512 g/mol. The number of carbonyl (C=O) groups excluding carboxylic acids is 2. The molecule has 0 unspecified atom stereocenters. The Hall–Kier alpha value is -4.93. The van der Waals surface area contributed by atoms with Crippen LogP contribution in [0.5, 0.6) is 0 Å². The summed E-state index contributed by atoms with van der Waals surface area (Å²) in [6.07, 6.45) is 11.3. The number of fused-ring (bicyclic) bond motifs is 4. The zero-order valence-corrected chi connectivity index (χ0v) is 20.6. The van der Waals surface area contributed by atoms with Crippen LogP contribution < -0.4 is 10.6 Å². The van der Waals surface area contributed by atoms with Crippen LogP contribution in [0.25, 0.3) is 23.0 Å². The number of benzene rings is 2. The maximum atomic E-state index is 13.9. The second-order valence-electron chi connectivity index (χ2n) is 8.88. The summed E-state index contributed by atoms with van der Waals surface area (Å²) >= 11 is 0. The van der Waals surface area contributed by atoms with E-state index in [9.17, 15) is 14.0 Å². The van der Waals surface area contributed by atoms with E-state index in [4.69, 9.17) is 0 Å². The number of nitrogens with one attached hydrogen (secondary N) is 3. The number of aromatic amines is 1. The van der Waals surface area contributed by atoms with Crippen molar-refractivity contribution in [3.05, 3.63) is 89.9 Å². The van der Waals surface area contributed by atoms with Crippen molar-refractivity contribution in [1.82, 2.24) is 35.5 Å². The summed E-state index contributed by atoms with van der Waals surface area (Å²) in [5.74, 6) is -0.444. The van der Waals surface area contributed by atoms with Gasteiger partial charge in [0, 0.05) is 23.6 Å². The predicted octanol–water partition coefficient (Wildman–Crippen LogP) is 4.05. The van der Waals surface area contributed by atoms with Gasteiger partial charge in [0.05, 0.1) is 29.3 Å². The molecular formula is C27H25FN8O2. The number of tetrazole rings is 1. The molecule has 0 aliphatic carbocycles. The first-order chi connectivity index (χ1) is 18.5. The number of amides is 2. The van der Waals surface area contributed by atoms with Crippen LogP contribution in [0, 0.1) is 12.7 Å². The molecule has 192 valence electrons. The van der Waals surface area contributed by atoms with E-state index in [-0.39, 0.29) is 18.2 Å². The molecule has 10 nitrogen and oxygen atoms in total. The van der Waals surface area contributed by atoms with Crippen molar-refractivity contribution in [2.24, 2.45) is 0 Å². The maximum absolute atomic E-state index is 13.9. The molecule has 0 spiro atoms. The average Bonchev–Trinajstić information content (AvgIpc) is 3.59. The summed E-state index contributed by atoms with van der Waals surface area (Å²) in [6, 6.07) is 9.50. The van der Waals surface area contributed by atoms with Crippen LogP contribution in [-0.2, 0) is 9.59 Å². The normalized spacial score (nSPS) is 16.6. The Kier molecular flexibility index (Phi) is 7.16. The van der Waals surface area contributed by atoms with Gasteiger partial charge in [0.2, 0.25) is 11.8 Å². The zero-order valence-electron chi connectivity index (χ0n) is 20.6. The van der Waals surface area contributed by atoms with Gasteiger partial charge in [-0.25, -0.2) is 9.37 Å². The van der Waals surface area contributed by atoms with E-state index in [1.165, 1.54) is 29.2 Å². The highest BCUT2D eigenvalue weighted by molar-refractivity contribution is 5.95. The Morgan fingerprint density at radius 2 is 2.11 bits per heavy atom. The average molecular weight is 513 g/mol. The fourth-order valence-electron chi connectivity index (χ4n) is 4.19. The molecule has 2 amide bonds. The molecule has 0 saturated carbocycles.